The molecule has 1 aromatic rings. The molecule has 1 rings (SSSR count). The minimum absolute atomic E-state index is 0.772. The van der Waals surface area contributed by atoms with Gasteiger partial charge in [0, 0.05) is 11.3 Å². The Balaban J connectivity index is 2.41. The molecular weight excluding hydrogens is 152 g/mol. The topological polar surface area (TPSA) is 0 Å². The van der Waals surface area contributed by atoms with E-state index in [9.17, 15) is 0 Å². The van der Waals surface area contributed by atoms with Crippen LogP contribution in [0.25, 0.3) is 0 Å². The third kappa shape index (κ3) is 2.66. The number of rotatable bonds is 4. The van der Waals surface area contributed by atoms with Gasteiger partial charge in [0.15, 0.2) is 0 Å². The molecule has 0 aliphatic rings. The average molecular weight is 167 g/mol. The van der Waals surface area contributed by atoms with Gasteiger partial charge in [-0.2, -0.15) is 0 Å². The molecule has 0 saturated carbocycles. The van der Waals surface area contributed by atoms with Crippen LogP contribution in [-0.4, -0.2) is 0 Å². The molecule has 0 saturated heterocycles. The van der Waals surface area contributed by atoms with E-state index < -0.39 is 0 Å². The first-order valence-electron chi connectivity index (χ1n) is 4.25. The Morgan fingerprint density at radius 2 is 2.18 bits per heavy atom. The van der Waals surface area contributed by atoms with Crippen LogP contribution >= 0.6 is 11.3 Å². The molecule has 1 radical (unpaired) electrons. The van der Waals surface area contributed by atoms with Crippen molar-refractivity contribution < 1.29 is 0 Å². The van der Waals surface area contributed by atoms with Gasteiger partial charge in [0.25, 0.3) is 0 Å². The van der Waals surface area contributed by atoms with Crippen molar-refractivity contribution in [3.05, 3.63) is 28.8 Å². The first kappa shape index (κ1) is 8.79. The van der Waals surface area contributed by atoms with Crippen LogP contribution in [0.2, 0.25) is 0 Å². The van der Waals surface area contributed by atoms with Gasteiger partial charge in [-0.3, -0.25) is 0 Å². The predicted octanol–water partition coefficient (Wildman–Crippen LogP) is 3.74. The van der Waals surface area contributed by atoms with Gasteiger partial charge in [0.05, 0.1) is 0 Å². The van der Waals surface area contributed by atoms with E-state index in [0.717, 1.165) is 5.92 Å². The molecular formula is C10H15S. The molecule has 0 fully saturated rings. The maximum atomic E-state index is 2.38. The van der Waals surface area contributed by atoms with E-state index in [0.29, 0.717) is 0 Å². The molecule has 61 valence electrons. The third-order valence-electron chi connectivity index (χ3n) is 1.99. The Morgan fingerprint density at radius 3 is 2.64 bits per heavy atom. The van der Waals surface area contributed by atoms with Crippen LogP contribution in [-0.2, 0) is 0 Å². The number of thiophene rings is 1. The zero-order chi connectivity index (χ0) is 8.10. The van der Waals surface area contributed by atoms with E-state index in [1.54, 1.807) is 0 Å². The van der Waals surface area contributed by atoms with Crippen molar-refractivity contribution in [2.45, 2.75) is 26.7 Å². The number of hydrogen-bond acceptors (Lipinski definition) is 1. The summed E-state index contributed by atoms with van der Waals surface area (Å²) in [7, 11) is 0. The normalized spacial score (nSPS) is 10.8. The molecule has 0 nitrogen and oxygen atoms in total. The monoisotopic (exact) mass is 167 g/mol. The molecule has 0 aliphatic heterocycles. The lowest BCUT2D eigenvalue weighted by Gasteiger charge is -2.08. The Bertz CT molecular complexity index is 173. The molecule has 0 bridgehead atoms. The Morgan fingerprint density at radius 1 is 1.45 bits per heavy atom. The second kappa shape index (κ2) is 4.55. The Kier molecular flexibility index (Phi) is 3.64. The van der Waals surface area contributed by atoms with E-state index in [1.165, 1.54) is 17.7 Å². The summed E-state index contributed by atoms with van der Waals surface area (Å²) in [4.78, 5) is 1.42. The van der Waals surface area contributed by atoms with Crippen molar-refractivity contribution in [2.24, 2.45) is 5.92 Å². The summed E-state index contributed by atoms with van der Waals surface area (Å²) in [5, 5.41) is 2.13. The van der Waals surface area contributed by atoms with E-state index in [1.807, 2.05) is 11.3 Å². The third-order valence-corrected chi connectivity index (χ3v) is 2.83. The van der Waals surface area contributed by atoms with Gasteiger partial charge in [-0.25, -0.2) is 0 Å². The van der Waals surface area contributed by atoms with Crippen LogP contribution in [0.15, 0.2) is 17.5 Å². The summed E-state index contributed by atoms with van der Waals surface area (Å²) in [5.41, 5.74) is 0. The van der Waals surface area contributed by atoms with Gasteiger partial charge < -0.3 is 0 Å². The van der Waals surface area contributed by atoms with Crippen molar-refractivity contribution in [3.63, 3.8) is 0 Å². The van der Waals surface area contributed by atoms with Crippen LogP contribution < -0.4 is 0 Å². The summed E-state index contributed by atoms with van der Waals surface area (Å²) in [6.45, 7) is 4.50. The van der Waals surface area contributed by atoms with E-state index in [2.05, 4.69) is 37.8 Å². The highest BCUT2D eigenvalue weighted by molar-refractivity contribution is 7.10. The van der Waals surface area contributed by atoms with E-state index in [-0.39, 0.29) is 0 Å². The van der Waals surface area contributed by atoms with Crippen molar-refractivity contribution in [2.75, 3.05) is 0 Å². The van der Waals surface area contributed by atoms with E-state index in [4.69, 9.17) is 0 Å². The van der Waals surface area contributed by atoms with Crippen LogP contribution in [0.5, 0.6) is 0 Å². The highest BCUT2D eigenvalue weighted by Crippen LogP contribution is 2.20. The van der Waals surface area contributed by atoms with Crippen LogP contribution in [0.1, 0.15) is 31.6 Å². The quantitative estimate of drug-likeness (QED) is 0.641. The first-order chi connectivity index (χ1) is 5.36. The maximum absolute atomic E-state index is 2.38. The highest BCUT2D eigenvalue weighted by atomic mass is 32.1. The molecule has 0 N–H and O–H groups in total. The van der Waals surface area contributed by atoms with Gasteiger partial charge in [-0.05, 0) is 17.4 Å². The summed E-state index contributed by atoms with van der Waals surface area (Å²) in [6, 6.07) is 4.29. The van der Waals surface area contributed by atoms with Gasteiger partial charge in [0.2, 0.25) is 0 Å². The molecule has 0 spiro atoms. The van der Waals surface area contributed by atoms with Gasteiger partial charge in [-0.1, -0.05) is 32.8 Å². The fraction of sp³-hybridized carbons (Fsp3) is 0.500. The summed E-state index contributed by atoms with van der Waals surface area (Å²) < 4.78 is 0. The maximum Gasteiger partial charge on any atom is 0.00854 e. The van der Waals surface area contributed by atoms with Crippen LogP contribution in [0, 0.1) is 12.3 Å². The van der Waals surface area contributed by atoms with Gasteiger partial charge in [-0.15, -0.1) is 11.3 Å². The summed E-state index contributed by atoms with van der Waals surface area (Å²) in [5.74, 6) is 0.772. The second-order valence-corrected chi connectivity index (χ2v) is 3.74. The second-order valence-electron chi connectivity index (χ2n) is 2.76. The van der Waals surface area contributed by atoms with Crippen LogP contribution in [0.3, 0.4) is 0 Å². The standard InChI is InChI=1S/C10H15S/c1-3-9(4-2)8-10-6-5-7-11-10/h5-9H,3-4H2,1-2H3. The lowest BCUT2D eigenvalue weighted by molar-refractivity contribution is 0.576. The fourth-order valence-corrected chi connectivity index (χ4v) is 1.89. The minimum atomic E-state index is 0.772. The Hall–Kier alpha value is -0.300. The van der Waals surface area contributed by atoms with Crippen molar-refractivity contribution in [1.29, 1.82) is 0 Å². The van der Waals surface area contributed by atoms with Crippen molar-refractivity contribution in [3.8, 4) is 0 Å². The fourth-order valence-electron chi connectivity index (χ4n) is 1.14. The number of hydrogen-bond donors (Lipinski definition) is 0. The Labute approximate surface area is 73.3 Å². The lowest BCUT2D eigenvalue weighted by atomic mass is 9.99. The molecule has 1 aromatic heterocycles. The lowest BCUT2D eigenvalue weighted by Crippen LogP contribution is -1.96. The van der Waals surface area contributed by atoms with Gasteiger partial charge in [0.1, 0.15) is 0 Å². The van der Waals surface area contributed by atoms with Crippen molar-refractivity contribution in [1.82, 2.24) is 0 Å². The predicted molar refractivity (Wildman–Crippen MR) is 51.8 cm³/mol. The smallest absolute Gasteiger partial charge is 0.00854 e. The SMILES string of the molecule is CCC([CH]c1cccs1)CC. The zero-order valence-corrected chi connectivity index (χ0v) is 8.03. The largest absolute Gasteiger partial charge is 0.149 e. The van der Waals surface area contributed by atoms with E-state index >= 15 is 0 Å². The molecule has 0 aromatic carbocycles. The van der Waals surface area contributed by atoms with Crippen LogP contribution in [0.4, 0.5) is 0 Å². The first-order valence-corrected chi connectivity index (χ1v) is 5.13. The molecule has 0 atom stereocenters. The molecule has 0 aliphatic carbocycles. The molecule has 1 heterocycles. The van der Waals surface area contributed by atoms with Crippen molar-refractivity contribution >= 4 is 11.3 Å². The van der Waals surface area contributed by atoms with Gasteiger partial charge >= 0.3 is 0 Å². The summed E-state index contributed by atoms with van der Waals surface area (Å²) >= 11 is 1.83. The molecule has 1 heteroatoms. The highest BCUT2D eigenvalue weighted by Gasteiger charge is 2.04. The zero-order valence-electron chi connectivity index (χ0n) is 7.21. The average Bonchev–Trinajstić information content (AvgIpc) is 2.52. The molecule has 0 unspecified atom stereocenters. The summed E-state index contributed by atoms with van der Waals surface area (Å²) in [6.07, 6.45) is 4.90. The minimum Gasteiger partial charge on any atom is -0.149 e. The molecule has 11 heavy (non-hydrogen) atoms. The molecule has 0 amide bonds.